The first-order valence-corrected chi connectivity index (χ1v) is 8.88. The SMILES string of the molecule is O=C(CCc1ccccc1)Nc1ccc(Nc2ccc(Cl)cc2Cl)nc1. The molecule has 6 heteroatoms. The van der Waals surface area contributed by atoms with Crippen LogP contribution in [0.2, 0.25) is 10.0 Å². The highest BCUT2D eigenvalue weighted by molar-refractivity contribution is 6.36. The maximum Gasteiger partial charge on any atom is 0.224 e. The van der Waals surface area contributed by atoms with Crippen molar-refractivity contribution in [3.05, 3.63) is 82.5 Å². The smallest absolute Gasteiger partial charge is 0.224 e. The Morgan fingerprint density at radius 3 is 2.50 bits per heavy atom. The zero-order valence-corrected chi connectivity index (χ0v) is 15.4. The minimum atomic E-state index is -0.0443. The fourth-order valence-electron chi connectivity index (χ4n) is 2.40. The van der Waals surface area contributed by atoms with Crippen LogP contribution in [0.15, 0.2) is 66.9 Å². The van der Waals surface area contributed by atoms with Gasteiger partial charge < -0.3 is 10.6 Å². The van der Waals surface area contributed by atoms with Gasteiger partial charge in [0.05, 0.1) is 22.6 Å². The topological polar surface area (TPSA) is 54.0 Å². The third-order valence-corrected chi connectivity index (χ3v) is 4.27. The fraction of sp³-hybridized carbons (Fsp3) is 0.100. The van der Waals surface area contributed by atoms with Crippen molar-refractivity contribution in [3.63, 3.8) is 0 Å². The monoisotopic (exact) mass is 385 g/mol. The molecule has 3 aromatic rings. The van der Waals surface area contributed by atoms with Gasteiger partial charge in [0.2, 0.25) is 5.91 Å². The van der Waals surface area contributed by atoms with Gasteiger partial charge in [-0.05, 0) is 42.3 Å². The van der Waals surface area contributed by atoms with Gasteiger partial charge in [0.15, 0.2) is 0 Å². The number of carbonyl (C=O) groups is 1. The molecule has 4 nitrogen and oxygen atoms in total. The number of rotatable bonds is 6. The Kier molecular flexibility index (Phi) is 6.10. The zero-order valence-electron chi connectivity index (χ0n) is 13.9. The van der Waals surface area contributed by atoms with E-state index in [4.69, 9.17) is 23.2 Å². The lowest BCUT2D eigenvalue weighted by Gasteiger charge is -2.09. The molecule has 0 unspecified atom stereocenters. The predicted octanol–water partition coefficient (Wildman–Crippen LogP) is 5.70. The van der Waals surface area contributed by atoms with E-state index in [1.54, 1.807) is 36.5 Å². The summed E-state index contributed by atoms with van der Waals surface area (Å²) in [5.41, 5.74) is 2.50. The van der Waals surface area contributed by atoms with E-state index in [0.717, 1.165) is 5.56 Å². The molecule has 26 heavy (non-hydrogen) atoms. The Bertz CT molecular complexity index is 883. The molecule has 0 saturated heterocycles. The second-order valence-electron chi connectivity index (χ2n) is 5.72. The number of hydrogen-bond acceptors (Lipinski definition) is 3. The molecule has 0 aliphatic heterocycles. The van der Waals surface area contributed by atoms with Gasteiger partial charge in [0, 0.05) is 11.4 Å². The third-order valence-electron chi connectivity index (χ3n) is 3.72. The average Bonchev–Trinajstić information content (AvgIpc) is 2.65. The summed E-state index contributed by atoms with van der Waals surface area (Å²) in [6.45, 7) is 0. The number of aryl methyl sites for hydroxylation is 1. The Labute approximate surface area is 162 Å². The van der Waals surface area contributed by atoms with E-state index in [2.05, 4.69) is 15.6 Å². The van der Waals surface area contributed by atoms with Crippen molar-refractivity contribution in [2.24, 2.45) is 0 Å². The molecule has 132 valence electrons. The number of anilines is 3. The number of nitrogens with one attached hydrogen (secondary N) is 2. The number of halogens is 2. The van der Waals surface area contributed by atoms with E-state index in [1.165, 1.54) is 0 Å². The van der Waals surface area contributed by atoms with E-state index >= 15 is 0 Å². The van der Waals surface area contributed by atoms with Crippen LogP contribution in [-0.4, -0.2) is 10.9 Å². The van der Waals surface area contributed by atoms with Crippen molar-refractivity contribution in [2.45, 2.75) is 12.8 Å². The standard InChI is InChI=1S/C20H17Cl2N3O/c21-15-7-9-18(17(22)12-15)25-19-10-8-16(13-23-19)24-20(26)11-6-14-4-2-1-3-5-14/h1-5,7-10,12-13H,6,11H2,(H,23,25)(H,24,26). The van der Waals surface area contributed by atoms with Gasteiger partial charge in [-0.3, -0.25) is 4.79 Å². The van der Waals surface area contributed by atoms with Gasteiger partial charge in [-0.1, -0.05) is 53.5 Å². The molecule has 2 aromatic carbocycles. The van der Waals surface area contributed by atoms with Crippen molar-refractivity contribution >= 4 is 46.3 Å². The second-order valence-corrected chi connectivity index (χ2v) is 6.56. The van der Waals surface area contributed by atoms with Crippen LogP contribution >= 0.6 is 23.2 Å². The number of hydrogen-bond donors (Lipinski definition) is 2. The quantitative estimate of drug-likeness (QED) is 0.571. The van der Waals surface area contributed by atoms with Crippen molar-refractivity contribution < 1.29 is 4.79 Å². The molecule has 1 amide bonds. The molecule has 0 atom stereocenters. The molecule has 0 aliphatic rings. The summed E-state index contributed by atoms with van der Waals surface area (Å²) in [7, 11) is 0. The highest BCUT2D eigenvalue weighted by Gasteiger charge is 2.05. The van der Waals surface area contributed by atoms with Crippen LogP contribution in [-0.2, 0) is 11.2 Å². The van der Waals surface area contributed by atoms with Gasteiger partial charge in [0.1, 0.15) is 5.82 Å². The largest absolute Gasteiger partial charge is 0.339 e. The number of amides is 1. The molecule has 0 aliphatic carbocycles. The molecule has 3 rings (SSSR count). The summed E-state index contributed by atoms with van der Waals surface area (Å²) < 4.78 is 0. The van der Waals surface area contributed by atoms with Gasteiger partial charge in [0.25, 0.3) is 0 Å². The molecule has 0 radical (unpaired) electrons. The maximum absolute atomic E-state index is 12.1. The van der Waals surface area contributed by atoms with Crippen LogP contribution < -0.4 is 10.6 Å². The van der Waals surface area contributed by atoms with Gasteiger partial charge >= 0.3 is 0 Å². The highest BCUT2D eigenvalue weighted by atomic mass is 35.5. The molecular weight excluding hydrogens is 369 g/mol. The number of carbonyl (C=O) groups excluding carboxylic acids is 1. The Balaban J connectivity index is 1.54. The van der Waals surface area contributed by atoms with E-state index in [-0.39, 0.29) is 5.91 Å². The van der Waals surface area contributed by atoms with Crippen molar-refractivity contribution in [1.29, 1.82) is 0 Å². The fourth-order valence-corrected chi connectivity index (χ4v) is 2.85. The zero-order chi connectivity index (χ0) is 18.4. The lowest BCUT2D eigenvalue weighted by atomic mass is 10.1. The summed E-state index contributed by atoms with van der Waals surface area (Å²) in [6.07, 6.45) is 2.73. The maximum atomic E-state index is 12.1. The number of aromatic nitrogens is 1. The van der Waals surface area contributed by atoms with E-state index in [9.17, 15) is 4.79 Å². The Morgan fingerprint density at radius 2 is 1.81 bits per heavy atom. The molecule has 0 bridgehead atoms. The van der Waals surface area contributed by atoms with E-state index < -0.39 is 0 Å². The highest BCUT2D eigenvalue weighted by Crippen LogP contribution is 2.27. The van der Waals surface area contributed by atoms with E-state index in [1.807, 2.05) is 30.3 Å². The summed E-state index contributed by atoms with van der Waals surface area (Å²) in [6, 6.07) is 18.7. The minimum absolute atomic E-state index is 0.0443. The molecular formula is C20H17Cl2N3O. The number of pyridine rings is 1. The van der Waals surface area contributed by atoms with Crippen LogP contribution in [0, 0.1) is 0 Å². The predicted molar refractivity (Wildman–Crippen MR) is 107 cm³/mol. The van der Waals surface area contributed by atoms with Gasteiger partial charge in [-0.15, -0.1) is 0 Å². The lowest BCUT2D eigenvalue weighted by Crippen LogP contribution is -2.12. The number of benzene rings is 2. The number of nitrogens with zero attached hydrogens (tertiary/aromatic N) is 1. The molecule has 0 saturated carbocycles. The Morgan fingerprint density at radius 1 is 1.00 bits per heavy atom. The molecule has 2 N–H and O–H groups in total. The molecule has 1 heterocycles. The van der Waals surface area contributed by atoms with Crippen molar-refractivity contribution in [1.82, 2.24) is 4.98 Å². The van der Waals surface area contributed by atoms with Crippen LogP contribution in [0.1, 0.15) is 12.0 Å². The van der Waals surface area contributed by atoms with Crippen LogP contribution in [0.4, 0.5) is 17.2 Å². The Hall–Kier alpha value is -2.56. The summed E-state index contributed by atoms with van der Waals surface area (Å²) in [5, 5.41) is 7.04. The average molecular weight is 386 g/mol. The summed E-state index contributed by atoms with van der Waals surface area (Å²) in [4.78, 5) is 16.3. The lowest BCUT2D eigenvalue weighted by molar-refractivity contribution is -0.116. The second kappa shape index (κ2) is 8.70. The van der Waals surface area contributed by atoms with Crippen LogP contribution in [0.3, 0.4) is 0 Å². The van der Waals surface area contributed by atoms with Crippen LogP contribution in [0.5, 0.6) is 0 Å². The van der Waals surface area contributed by atoms with Gasteiger partial charge in [-0.25, -0.2) is 4.98 Å². The normalized spacial score (nSPS) is 10.4. The van der Waals surface area contributed by atoms with Crippen LogP contribution in [0.25, 0.3) is 0 Å². The first-order valence-electron chi connectivity index (χ1n) is 8.12. The molecule has 0 fully saturated rings. The van der Waals surface area contributed by atoms with Gasteiger partial charge in [-0.2, -0.15) is 0 Å². The molecule has 0 spiro atoms. The van der Waals surface area contributed by atoms with Crippen molar-refractivity contribution in [2.75, 3.05) is 10.6 Å². The van der Waals surface area contributed by atoms with E-state index in [0.29, 0.717) is 40.1 Å². The molecule has 1 aromatic heterocycles. The third kappa shape index (κ3) is 5.22. The summed E-state index contributed by atoms with van der Waals surface area (Å²) in [5.74, 6) is 0.577. The summed E-state index contributed by atoms with van der Waals surface area (Å²) >= 11 is 12.0. The first kappa shape index (κ1) is 18.2. The first-order chi connectivity index (χ1) is 12.6. The van der Waals surface area contributed by atoms with Crippen molar-refractivity contribution in [3.8, 4) is 0 Å². The minimum Gasteiger partial charge on any atom is -0.339 e.